The van der Waals surface area contributed by atoms with Crippen LogP contribution < -0.4 is 5.32 Å². The highest BCUT2D eigenvalue weighted by atomic mass is 32.2. The Kier molecular flexibility index (Phi) is 4.87. The summed E-state index contributed by atoms with van der Waals surface area (Å²) in [7, 11) is -3.23. The zero-order valence-corrected chi connectivity index (χ0v) is 13.2. The third kappa shape index (κ3) is 3.95. The van der Waals surface area contributed by atoms with Gasteiger partial charge in [0.1, 0.15) is 0 Å². The van der Waals surface area contributed by atoms with Gasteiger partial charge in [0, 0.05) is 31.2 Å². The van der Waals surface area contributed by atoms with E-state index < -0.39 is 21.8 Å². The molecule has 0 atom stereocenters. The fourth-order valence-electron chi connectivity index (χ4n) is 2.32. The molecule has 1 N–H and O–H groups in total. The van der Waals surface area contributed by atoms with Gasteiger partial charge in [-0.05, 0) is 25.1 Å². The lowest BCUT2D eigenvalue weighted by Crippen LogP contribution is -2.52. The van der Waals surface area contributed by atoms with Crippen molar-refractivity contribution in [2.75, 3.05) is 30.7 Å². The number of nitrogens with zero attached hydrogens (tertiary/aromatic N) is 2. The van der Waals surface area contributed by atoms with Crippen molar-refractivity contribution in [1.29, 1.82) is 5.26 Å². The molecule has 0 bridgehead atoms. The molecular weight excluding hydrogens is 331 g/mol. The van der Waals surface area contributed by atoms with Gasteiger partial charge < -0.3 is 5.32 Å². The molecule has 23 heavy (non-hydrogen) atoms. The van der Waals surface area contributed by atoms with Crippen molar-refractivity contribution < 1.29 is 21.6 Å². The Morgan fingerprint density at radius 3 is 2.57 bits per heavy atom. The second-order valence-electron chi connectivity index (χ2n) is 5.33. The summed E-state index contributed by atoms with van der Waals surface area (Å²) in [5.74, 6) is -0.0193. The van der Waals surface area contributed by atoms with E-state index in [-0.39, 0.29) is 29.5 Å². The van der Waals surface area contributed by atoms with Gasteiger partial charge >= 0.3 is 6.18 Å². The third-order valence-electron chi connectivity index (χ3n) is 3.72. The molecule has 0 unspecified atom stereocenters. The molecule has 1 saturated heterocycles. The summed E-state index contributed by atoms with van der Waals surface area (Å²) in [6.07, 6.45) is -4.56. The summed E-state index contributed by atoms with van der Waals surface area (Å²) in [6.45, 7) is 2.40. The van der Waals surface area contributed by atoms with E-state index in [0.717, 1.165) is 6.07 Å². The van der Waals surface area contributed by atoms with Crippen molar-refractivity contribution in [3.05, 3.63) is 29.3 Å². The molecule has 1 aromatic carbocycles. The number of nitriles is 1. The highest BCUT2D eigenvalue weighted by molar-refractivity contribution is 7.89. The molecule has 5 nitrogen and oxygen atoms in total. The van der Waals surface area contributed by atoms with E-state index in [2.05, 4.69) is 5.32 Å². The first-order chi connectivity index (χ1) is 10.7. The van der Waals surface area contributed by atoms with Gasteiger partial charge in [0.2, 0.25) is 10.0 Å². The summed E-state index contributed by atoms with van der Waals surface area (Å²) in [5, 5.41) is 11.4. The van der Waals surface area contributed by atoms with Crippen LogP contribution in [0.3, 0.4) is 0 Å². The van der Waals surface area contributed by atoms with E-state index in [1.807, 2.05) is 0 Å². The lowest BCUT2D eigenvalue weighted by Gasteiger charge is -2.38. The maximum absolute atomic E-state index is 13.0. The second-order valence-corrected chi connectivity index (χ2v) is 7.59. The van der Waals surface area contributed by atoms with Crippen molar-refractivity contribution in [3.8, 4) is 6.07 Å². The van der Waals surface area contributed by atoms with Gasteiger partial charge in [-0.25, -0.2) is 12.7 Å². The summed E-state index contributed by atoms with van der Waals surface area (Å²) in [6, 6.07) is 5.02. The number of rotatable bonds is 5. The number of hydrogen-bond donors (Lipinski definition) is 1. The number of halogens is 3. The summed E-state index contributed by atoms with van der Waals surface area (Å²) >= 11 is 0. The molecule has 0 radical (unpaired) electrons. The molecule has 1 fully saturated rings. The van der Waals surface area contributed by atoms with Crippen LogP contribution in [0, 0.1) is 17.2 Å². The molecule has 0 aliphatic carbocycles. The van der Waals surface area contributed by atoms with Gasteiger partial charge in [-0.15, -0.1) is 0 Å². The molecule has 1 aliphatic rings. The highest BCUT2D eigenvalue weighted by Gasteiger charge is 2.36. The topological polar surface area (TPSA) is 73.2 Å². The minimum absolute atomic E-state index is 0.0149. The molecule has 1 aliphatic heterocycles. The molecule has 1 heterocycles. The fraction of sp³-hybridized carbons (Fsp3) is 0.500. The lowest BCUT2D eigenvalue weighted by atomic mass is 10.0. The standard InChI is InChI=1S/C14H16F3N3O2S/c1-2-23(21,22)20-8-11(9-20)7-19-13-4-3-10(6-18)5-12(13)14(15,16)17/h3-5,11,19H,2,7-9H2,1H3. The van der Waals surface area contributed by atoms with Crippen molar-refractivity contribution >= 4 is 15.7 Å². The normalized spacial score (nSPS) is 16.7. The molecule has 126 valence electrons. The molecule has 0 aromatic heterocycles. The molecule has 2 rings (SSSR count). The minimum atomic E-state index is -4.56. The Morgan fingerprint density at radius 2 is 2.04 bits per heavy atom. The maximum atomic E-state index is 13.0. The average molecular weight is 347 g/mol. The van der Waals surface area contributed by atoms with Gasteiger partial charge in [-0.2, -0.15) is 18.4 Å². The average Bonchev–Trinajstić information content (AvgIpc) is 2.44. The van der Waals surface area contributed by atoms with Crippen LogP contribution in [0.4, 0.5) is 18.9 Å². The van der Waals surface area contributed by atoms with E-state index in [9.17, 15) is 21.6 Å². The Labute approximate surface area is 132 Å². The predicted molar refractivity (Wildman–Crippen MR) is 79.2 cm³/mol. The van der Waals surface area contributed by atoms with Gasteiger partial charge in [0.05, 0.1) is 22.9 Å². The fourth-order valence-corrected chi connectivity index (χ4v) is 3.56. The van der Waals surface area contributed by atoms with Crippen LogP contribution in [0.15, 0.2) is 18.2 Å². The van der Waals surface area contributed by atoms with Gasteiger partial charge in [-0.1, -0.05) is 0 Å². The Balaban J connectivity index is 2.02. The smallest absolute Gasteiger partial charge is 0.384 e. The van der Waals surface area contributed by atoms with Gasteiger partial charge in [0.15, 0.2) is 0 Å². The molecule has 0 saturated carbocycles. The second kappa shape index (κ2) is 6.37. The quantitative estimate of drug-likeness (QED) is 0.887. The van der Waals surface area contributed by atoms with E-state index in [1.165, 1.54) is 16.4 Å². The zero-order valence-electron chi connectivity index (χ0n) is 12.4. The Hall–Kier alpha value is -1.79. The first kappa shape index (κ1) is 17.6. The maximum Gasteiger partial charge on any atom is 0.418 e. The van der Waals surface area contributed by atoms with Crippen LogP contribution in [0.5, 0.6) is 0 Å². The Morgan fingerprint density at radius 1 is 1.39 bits per heavy atom. The number of benzene rings is 1. The van der Waals surface area contributed by atoms with Crippen molar-refractivity contribution in [1.82, 2.24) is 4.31 Å². The number of anilines is 1. The summed E-state index contributed by atoms with van der Waals surface area (Å²) in [5.41, 5.74) is -1.06. The number of hydrogen-bond acceptors (Lipinski definition) is 4. The number of sulfonamides is 1. The van der Waals surface area contributed by atoms with Crippen molar-refractivity contribution in [2.24, 2.45) is 5.92 Å². The van der Waals surface area contributed by atoms with Crippen LogP contribution in [0.1, 0.15) is 18.1 Å². The third-order valence-corrected chi connectivity index (χ3v) is 5.53. The Bertz CT molecular complexity index is 720. The molecule has 0 spiro atoms. The van der Waals surface area contributed by atoms with E-state index in [1.54, 1.807) is 13.0 Å². The van der Waals surface area contributed by atoms with Gasteiger partial charge in [0.25, 0.3) is 0 Å². The van der Waals surface area contributed by atoms with Crippen molar-refractivity contribution in [2.45, 2.75) is 13.1 Å². The SMILES string of the molecule is CCS(=O)(=O)N1CC(CNc2ccc(C#N)cc2C(F)(F)F)C1. The highest BCUT2D eigenvalue weighted by Crippen LogP contribution is 2.35. The molecule has 1 aromatic rings. The van der Waals surface area contributed by atoms with Crippen LogP contribution >= 0.6 is 0 Å². The van der Waals surface area contributed by atoms with Crippen molar-refractivity contribution in [3.63, 3.8) is 0 Å². The summed E-state index contributed by atoms with van der Waals surface area (Å²) < 4.78 is 63.5. The van der Waals surface area contributed by atoms with E-state index in [0.29, 0.717) is 13.1 Å². The first-order valence-corrected chi connectivity index (χ1v) is 8.61. The predicted octanol–water partition coefficient (Wildman–Crippen LogP) is 2.27. The molecule has 9 heteroatoms. The summed E-state index contributed by atoms with van der Waals surface area (Å²) in [4.78, 5) is 0. The van der Waals surface area contributed by atoms with E-state index in [4.69, 9.17) is 5.26 Å². The van der Waals surface area contributed by atoms with E-state index >= 15 is 0 Å². The zero-order chi connectivity index (χ0) is 17.3. The van der Waals surface area contributed by atoms with Crippen LogP contribution in [-0.2, 0) is 16.2 Å². The first-order valence-electron chi connectivity index (χ1n) is 7.00. The largest absolute Gasteiger partial charge is 0.418 e. The van der Waals surface area contributed by atoms with Gasteiger partial charge in [-0.3, -0.25) is 0 Å². The van der Waals surface area contributed by atoms with Crippen LogP contribution in [-0.4, -0.2) is 38.1 Å². The van der Waals surface area contributed by atoms with Crippen LogP contribution in [0.25, 0.3) is 0 Å². The number of alkyl halides is 3. The minimum Gasteiger partial charge on any atom is -0.384 e. The molecule has 0 amide bonds. The lowest BCUT2D eigenvalue weighted by molar-refractivity contribution is -0.137. The molecular formula is C14H16F3N3O2S. The monoisotopic (exact) mass is 347 g/mol. The van der Waals surface area contributed by atoms with Crippen LogP contribution in [0.2, 0.25) is 0 Å². The number of nitrogens with one attached hydrogen (secondary N) is 1.